The molecule has 0 unspecified atom stereocenters. The molecule has 0 fully saturated rings. The Balaban J connectivity index is 1.51. The van der Waals surface area contributed by atoms with Gasteiger partial charge < -0.3 is 10.6 Å². The Bertz CT molecular complexity index is 951. The zero-order valence-electron chi connectivity index (χ0n) is 16.4. The van der Waals surface area contributed by atoms with E-state index in [0.717, 1.165) is 26.4 Å². The largest absolute Gasteiger partial charge is 0.330 e. The quantitative estimate of drug-likeness (QED) is 0.484. The Hall–Kier alpha value is -2.38. The van der Waals surface area contributed by atoms with Gasteiger partial charge in [0.1, 0.15) is 0 Å². The fourth-order valence-electron chi connectivity index (χ4n) is 2.54. The van der Waals surface area contributed by atoms with Crippen molar-refractivity contribution in [2.24, 2.45) is 0 Å². The van der Waals surface area contributed by atoms with Crippen molar-refractivity contribution in [3.05, 3.63) is 59.2 Å². The maximum absolute atomic E-state index is 12.2. The van der Waals surface area contributed by atoms with E-state index in [0.29, 0.717) is 11.7 Å². The highest BCUT2D eigenvalue weighted by molar-refractivity contribution is 8.01. The highest BCUT2D eigenvalue weighted by Crippen LogP contribution is 2.28. The van der Waals surface area contributed by atoms with Gasteiger partial charge in [-0.2, -0.15) is 0 Å². The molecule has 0 aliphatic heterocycles. The third-order valence-electron chi connectivity index (χ3n) is 4.35. The number of hydrogen-bond donors (Lipinski definition) is 2. The van der Waals surface area contributed by atoms with E-state index in [9.17, 15) is 4.79 Å². The standard InChI is InChI=1S/C21H24N4OS2/c1-13(2)16-6-9-17(10-7-16)23-20-24-25-21(28-20)27-12-19(26)22-18-8-5-14(3)15(4)11-18/h5-11,13H,12H2,1-4H3,(H,22,26)(H,23,24). The Morgan fingerprint density at radius 1 is 1.04 bits per heavy atom. The second kappa shape index (κ2) is 9.21. The summed E-state index contributed by atoms with van der Waals surface area (Å²) in [5.74, 6) is 0.751. The minimum atomic E-state index is -0.0535. The Morgan fingerprint density at radius 2 is 1.75 bits per heavy atom. The van der Waals surface area contributed by atoms with Crippen molar-refractivity contribution in [1.82, 2.24) is 10.2 Å². The highest BCUT2D eigenvalue weighted by Gasteiger charge is 2.09. The predicted octanol–water partition coefficient (Wildman–Crippen LogP) is 5.75. The maximum atomic E-state index is 12.2. The summed E-state index contributed by atoms with van der Waals surface area (Å²) in [7, 11) is 0. The van der Waals surface area contributed by atoms with E-state index in [1.165, 1.54) is 34.2 Å². The Morgan fingerprint density at radius 3 is 2.43 bits per heavy atom. The van der Waals surface area contributed by atoms with Crippen LogP contribution in [0, 0.1) is 13.8 Å². The molecule has 2 N–H and O–H groups in total. The normalized spacial score (nSPS) is 10.9. The average Bonchev–Trinajstić information content (AvgIpc) is 3.11. The van der Waals surface area contributed by atoms with Crippen LogP contribution in [-0.4, -0.2) is 21.9 Å². The molecule has 0 saturated heterocycles. The first kappa shape index (κ1) is 20.4. The maximum Gasteiger partial charge on any atom is 0.234 e. The first-order valence-corrected chi connectivity index (χ1v) is 10.9. The predicted molar refractivity (Wildman–Crippen MR) is 119 cm³/mol. The zero-order chi connectivity index (χ0) is 20.1. The fraction of sp³-hybridized carbons (Fsp3) is 0.286. The molecule has 0 bridgehead atoms. The van der Waals surface area contributed by atoms with Gasteiger partial charge in [-0.1, -0.05) is 55.1 Å². The van der Waals surface area contributed by atoms with Gasteiger partial charge >= 0.3 is 0 Å². The van der Waals surface area contributed by atoms with Crippen molar-refractivity contribution in [3.8, 4) is 0 Å². The van der Waals surface area contributed by atoms with E-state index in [1.807, 2.05) is 37.3 Å². The number of nitrogens with one attached hydrogen (secondary N) is 2. The number of aromatic nitrogens is 2. The number of nitrogens with zero attached hydrogens (tertiary/aromatic N) is 2. The van der Waals surface area contributed by atoms with Crippen LogP contribution in [0.4, 0.5) is 16.5 Å². The third kappa shape index (κ3) is 5.56. The number of hydrogen-bond acceptors (Lipinski definition) is 6. The van der Waals surface area contributed by atoms with Gasteiger partial charge in [-0.25, -0.2) is 0 Å². The van der Waals surface area contributed by atoms with Crippen molar-refractivity contribution in [2.75, 3.05) is 16.4 Å². The summed E-state index contributed by atoms with van der Waals surface area (Å²) in [6.07, 6.45) is 0. The number of carbonyl (C=O) groups is 1. The summed E-state index contributed by atoms with van der Waals surface area (Å²) < 4.78 is 0.761. The van der Waals surface area contributed by atoms with E-state index in [2.05, 4.69) is 53.7 Å². The summed E-state index contributed by atoms with van der Waals surface area (Å²) in [4.78, 5) is 12.2. The SMILES string of the molecule is Cc1ccc(NC(=O)CSc2nnc(Nc3ccc(C(C)C)cc3)s2)cc1C. The molecule has 0 spiro atoms. The summed E-state index contributed by atoms with van der Waals surface area (Å²) in [6.45, 7) is 8.43. The summed E-state index contributed by atoms with van der Waals surface area (Å²) in [6, 6.07) is 14.2. The van der Waals surface area contributed by atoms with Crippen LogP contribution in [0.25, 0.3) is 0 Å². The lowest BCUT2D eigenvalue weighted by atomic mass is 10.0. The van der Waals surface area contributed by atoms with E-state index in [4.69, 9.17) is 0 Å². The number of amides is 1. The molecule has 146 valence electrons. The highest BCUT2D eigenvalue weighted by atomic mass is 32.2. The van der Waals surface area contributed by atoms with Crippen LogP contribution in [0.15, 0.2) is 46.8 Å². The van der Waals surface area contributed by atoms with Crippen molar-refractivity contribution >= 4 is 45.5 Å². The van der Waals surface area contributed by atoms with Gasteiger partial charge in [0.15, 0.2) is 4.34 Å². The van der Waals surface area contributed by atoms with Crippen LogP contribution >= 0.6 is 23.1 Å². The molecule has 3 rings (SSSR count). The molecule has 0 aliphatic rings. The van der Waals surface area contributed by atoms with E-state index >= 15 is 0 Å². The molecule has 1 aromatic heterocycles. The molecule has 3 aromatic rings. The monoisotopic (exact) mass is 412 g/mol. The number of aryl methyl sites for hydroxylation is 2. The van der Waals surface area contributed by atoms with Crippen LogP contribution < -0.4 is 10.6 Å². The smallest absolute Gasteiger partial charge is 0.234 e. The van der Waals surface area contributed by atoms with Crippen LogP contribution in [-0.2, 0) is 4.79 Å². The van der Waals surface area contributed by atoms with E-state index in [-0.39, 0.29) is 5.91 Å². The Labute approximate surface area is 174 Å². The molecule has 0 aliphatic carbocycles. The van der Waals surface area contributed by atoms with Crippen LogP contribution in [0.2, 0.25) is 0 Å². The molecular formula is C21H24N4OS2. The zero-order valence-corrected chi connectivity index (χ0v) is 18.1. The molecular weight excluding hydrogens is 388 g/mol. The van der Waals surface area contributed by atoms with Gasteiger partial charge in [0.05, 0.1) is 5.75 Å². The lowest BCUT2D eigenvalue weighted by molar-refractivity contribution is -0.113. The second-order valence-electron chi connectivity index (χ2n) is 6.91. The molecule has 0 atom stereocenters. The van der Waals surface area contributed by atoms with Gasteiger partial charge in [-0.15, -0.1) is 10.2 Å². The number of carbonyl (C=O) groups excluding carboxylic acids is 1. The summed E-state index contributed by atoms with van der Waals surface area (Å²) >= 11 is 2.83. The van der Waals surface area contributed by atoms with Gasteiger partial charge in [-0.3, -0.25) is 4.79 Å². The third-order valence-corrected chi connectivity index (χ3v) is 6.32. The minimum absolute atomic E-state index is 0.0535. The van der Waals surface area contributed by atoms with Crippen molar-refractivity contribution in [1.29, 1.82) is 0 Å². The molecule has 0 saturated carbocycles. The minimum Gasteiger partial charge on any atom is -0.330 e. The summed E-state index contributed by atoms with van der Waals surface area (Å²) in [5, 5.41) is 15.2. The topological polar surface area (TPSA) is 66.9 Å². The van der Waals surface area contributed by atoms with Crippen molar-refractivity contribution in [2.45, 2.75) is 38.0 Å². The van der Waals surface area contributed by atoms with Gasteiger partial charge in [0.25, 0.3) is 0 Å². The van der Waals surface area contributed by atoms with Crippen molar-refractivity contribution in [3.63, 3.8) is 0 Å². The van der Waals surface area contributed by atoms with E-state index < -0.39 is 0 Å². The second-order valence-corrected chi connectivity index (χ2v) is 9.11. The van der Waals surface area contributed by atoms with Crippen LogP contribution in [0.5, 0.6) is 0 Å². The summed E-state index contributed by atoms with van der Waals surface area (Å²) in [5.41, 5.74) is 5.46. The molecule has 7 heteroatoms. The van der Waals surface area contributed by atoms with Crippen molar-refractivity contribution < 1.29 is 4.79 Å². The average molecular weight is 413 g/mol. The lowest BCUT2D eigenvalue weighted by Gasteiger charge is -2.07. The molecule has 5 nitrogen and oxygen atoms in total. The van der Waals surface area contributed by atoms with Crippen LogP contribution in [0.3, 0.4) is 0 Å². The van der Waals surface area contributed by atoms with Crippen LogP contribution in [0.1, 0.15) is 36.5 Å². The number of rotatable bonds is 7. The molecule has 1 amide bonds. The molecule has 2 aromatic carbocycles. The molecule has 1 heterocycles. The Kier molecular flexibility index (Phi) is 6.70. The van der Waals surface area contributed by atoms with E-state index in [1.54, 1.807) is 0 Å². The van der Waals surface area contributed by atoms with Gasteiger partial charge in [0.2, 0.25) is 11.0 Å². The first-order chi connectivity index (χ1) is 13.4. The van der Waals surface area contributed by atoms with Gasteiger partial charge in [0, 0.05) is 11.4 Å². The number of benzene rings is 2. The lowest BCUT2D eigenvalue weighted by Crippen LogP contribution is -2.14. The molecule has 0 radical (unpaired) electrons. The molecule has 28 heavy (non-hydrogen) atoms. The first-order valence-electron chi connectivity index (χ1n) is 9.11. The number of anilines is 3. The fourth-order valence-corrected chi connectivity index (χ4v) is 4.11. The number of thioether (sulfide) groups is 1. The van der Waals surface area contributed by atoms with Gasteiger partial charge in [-0.05, 0) is 60.7 Å².